The number of hydrogen-bond acceptors (Lipinski definition) is 3. The molecule has 1 aliphatic rings. The first-order chi connectivity index (χ1) is 12.2. The van der Waals surface area contributed by atoms with Gasteiger partial charge in [-0.3, -0.25) is 4.79 Å². The highest BCUT2D eigenvalue weighted by Gasteiger charge is 2.29. The highest BCUT2D eigenvalue weighted by molar-refractivity contribution is 9.10. The molecular formula is C19H17BrN4O. The molecule has 0 saturated carbocycles. The Kier molecular flexibility index (Phi) is 4.36. The van der Waals surface area contributed by atoms with Crippen LogP contribution in [0.4, 0.5) is 0 Å². The van der Waals surface area contributed by atoms with Crippen LogP contribution in [0.3, 0.4) is 0 Å². The summed E-state index contributed by atoms with van der Waals surface area (Å²) in [4.78, 5) is 14.5. The molecule has 0 N–H and O–H groups in total. The van der Waals surface area contributed by atoms with Gasteiger partial charge in [-0.05, 0) is 24.6 Å². The number of likely N-dealkylation sites (tertiary alicyclic amines) is 1. The van der Waals surface area contributed by atoms with Gasteiger partial charge in [0.15, 0.2) is 0 Å². The molecule has 0 bridgehead atoms. The Morgan fingerprint density at radius 3 is 2.76 bits per heavy atom. The molecule has 25 heavy (non-hydrogen) atoms. The SMILES string of the molecule is O=C(c1cccc(Br)c1)N1CC[C@H](n2cc(-c3ccccc3)nn2)C1. The molecule has 2 aromatic carbocycles. The second-order valence-corrected chi connectivity index (χ2v) is 7.07. The van der Waals surface area contributed by atoms with Crippen molar-refractivity contribution in [3.63, 3.8) is 0 Å². The van der Waals surface area contributed by atoms with Crippen molar-refractivity contribution in [2.45, 2.75) is 12.5 Å². The number of rotatable bonds is 3. The fourth-order valence-corrected chi connectivity index (χ4v) is 3.54. The summed E-state index contributed by atoms with van der Waals surface area (Å²) in [7, 11) is 0. The van der Waals surface area contributed by atoms with Crippen LogP contribution in [0.15, 0.2) is 65.3 Å². The molecule has 1 atom stereocenters. The van der Waals surface area contributed by atoms with Crippen molar-refractivity contribution in [2.24, 2.45) is 0 Å². The van der Waals surface area contributed by atoms with Crippen LogP contribution >= 0.6 is 15.9 Å². The lowest BCUT2D eigenvalue weighted by Gasteiger charge is -2.16. The Balaban J connectivity index is 1.48. The molecule has 6 heteroatoms. The van der Waals surface area contributed by atoms with Gasteiger partial charge in [-0.15, -0.1) is 5.10 Å². The van der Waals surface area contributed by atoms with Crippen LogP contribution in [0.25, 0.3) is 11.3 Å². The predicted octanol–water partition coefficient (Wildman–Crippen LogP) is 3.79. The summed E-state index contributed by atoms with van der Waals surface area (Å²) in [6, 6.07) is 17.7. The van der Waals surface area contributed by atoms with E-state index in [9.17, 15) is 4.79 Å². The van der Waals surface area contributed by atoms with E-state index >= 15 is 0 Å². The maximum Gasteiger partial charge on any atom is 0.253 e. The van der Waals surface area contributed by atoms with E-state index in [0.29, 0.717) is 12.1 Å². The molecule has 0 radical (unpaired) electrons. The molecule has 0 spiro atoms. The predicted molar refractivity (Wildman–Crippen MR) is 99.2 cm³/mol. The third kappa shape index (κ3) is 3.35. The average Bonchev–Trinajstić information content (AvgIpc) is 3.31. The van der Waals surface area contributed by atoms with Gasteiger partial charge in [-0.2, -0.15) is 0 Å². The fraction of sp³-hybridized carbons (Fsp3) is 0.211. The lowest BCUT2D eigenvalue weighted by molar-refractivity contribution is 0.0787. The van der Waals surface area contributed by atoms with Gasteiger partial charge in [0.1, 0.15) is 5.69 Å². The Hall–Kier alpha value is -2.47. The zero-order valence-corrected chi connectivity index (χ0v) is 15.1. The molecule has 2 heterocycles. The van der Waals surface area contributed by atoms with Crippen LogP contribution in [-0.2, 0) is 0 Å². The molecule has 1 aromatic heterocycles. The molecule has 1 aliphatic heterocycles. The molecule has 126 valence electrons. The van der Waals surface area contributed by atoms with Gasteiger partial charge in [0.05, 0.1) is 12.2 Å². The minimum absolute atomic E-state index is 0.0622. The number of aromatic nitrogens is 3. The number of carbonyl (C=O) groups excluding carboxylic acids is 1. The van der Waals surface area contributed by atoms with Gasteiger partial charge in [-0.25, -0.2) is 4.68 Å². The summed E-state index contributed by atoms with van der Waals surface area (Å²) in [6.07, 6.45) is 2.85. The van der Waals surface area contributed by atoms with Crippen molar-refractivity contribution >= 4 is 21.8 Å². The molecular weight excluding hydrogens is 380 g/mol. The van der Waals surface area contributed by atoms with Gasteiger partial charge in [0, 0.05) is 28.7 Å². The molecule has 0 unspecified atom stereocenters. The largest absolute Gasteiger partial charge is 0.336 e. The zero-order chi connectivity index (χ0) is 17.2. The van der Waals surface area contributed by atoms with E-state index in [1.165, 1.54) is 0 Å². The maximum absolute atomic E-state index is 12.7. The van der Waals surface area contributed by atoms with Crippen molar-refractivity contribution in [1.82, 2.24) is 19.9 Å². The molecule has 1 saturated heterocycles. The standard InChI is InChI=1S/C19H17BrN4O/c20-16-8-4-7-15(11-16)19(25)23-10-9-17(12-23)24-13-18(21-22-24)14-5-2-1-3-6-14/h1-8,11,13,17H,9-10,12H2/t17-/m0/s1. The Morgan fingerprint density at radius 1 is 1.12 bits per heavy atom. The molecule has 4 rings (SSSR count). The third-order valence-corrected chi connectivity index (χ3v) is 4.97. The van der Waals surface area contributed by atoms with E-state index in [4.69, 9.17) is 0 Å². The van der Waals surface area contributed by atoms with Crippen LogP contribution in [0.2, 0.25) is 0 Å². The third-order valence-electron chi connectivity index (χ3n) is 4.48. The van der Waals surface area contributed by atoms with Crippen molar-refractivity contribution in [3.05, 3.63) is 70.8 Å². The lowest BCUT2D eigenvalue weighted by atomic mass is 10.2. The molecule has 3 aromatic rings. The van der Waals surface area contributed by atoms with Gasteiger partial charge in [-0.1, -0.05) is 57.5 Å². The summed E-state index contributed by atoms with van der Waals surface area (Å²) in [6.45, 7) is 1.39. The van der Waals surface area contributed by atoms with E-state index in [2.05, 4.69) is 26.2 Å². The van der Waals surface area contributed by atoms with Gasteiger partial charge >= 0.3 is 0 Å². The highest BCUT2D eigenvalue weighted by Crippen LogP contribution is 2.25. The van der Waals surface area contributed by atoms with E-state index in [-0.39, 0.29) is 11.9 Å². The molecule has 0 aliphatic carbocycles. The molecule has 5 nitrogen and oxygen atoms in total. The topological polar surface area (TPSA) is 51.0 Å². The summed E-state index contributed by atoms with van der Waals surface area (Å²) < 4.78 is 2.80. The van der Waals surface area contributed by atoms with Crippen molar-refractivity contribution in [2.75, 3.05) is 13.1 Å². The smallest absolute Gasteiger partial charge is 0.253 e. The van der Waals surface area contributed by atoms with Gasteiger partial charge in [0.25, 0.3) is 5.91 Å². The van der Waals surface area contributed by atoms with E-state index in [1.807, 2.05) is 70.4 Å². The fourth-order valence-electron chi connectivity index (χ4n) is 3.14. The van der Waals surface area contributed by atoms with Crippen molar-refractivity contribution in [1.29, 1.82) is 0 Å². The number of amides is 1. The minimum Gasteiger partial charge on any atom is -0.336 e. The van der Waals surface area contributed by atoms with Crippen molar-refractivity contribution < 1.29 is 4.79 Å². The van der Waals surface area contributed by atoms with Gasteiger partial charge < -0.3 is 4.90 Å². The Morgan fingerprint density at radius 2 is 1.96 bits per heavy atom. The summed E-state index contributed by atoms with van der Waals surface area (Å²) in [5.41, 5.74) is 2.62. The Labute approximate surface area is 154 Å². The minimum atomic E-state index is 0.0622. The van der Waals surface area contributed by atoms with Crippen LogP contribution < -0.4 is 0 Å². The lowest BCUT2D eigenvalue weighted by Crippen LogP contribution is -2.29. The van der Waals surface area contributed by atoms with E-state index < -0.39 is 0 Å². The normalized spacial score (nSPS) is 17.0. The molecule has 1 amide bonds. The van der Waals surface area contributed by atoms with Crippen LogP contribution in [0.1, 0.15) is 22.8 Å². The Bertz CT molecular complexity index is 893. The van der Waals surface area contributed by atoms with Crippen LogP contribution in [0, 0.1) is 0 Å². The summed E-state index contributed by atoms with van der Waals surface area (Å²) >= 11 is 3.42. The zero-order valence-electron chi connectivity index (χ0n) is 13.5. The number of hydrogen-bond donors (Lipinski definition) is 0. The molecule has 1 fully saturated rings. The van der Waals surface area contributed by atoms with E-state index in [0.717, 1.165) is 28.7 Å². The first-order valence-electron chi connectivity index (χ1n) is 8.23. The van der Waals surface area contributed by atoms with E-state index in [1.54, 1.807) is 0 Å². The number of benzene rings is 2. The van der Waals surface area contributed by atoms with Crippen molar-refractivity contribution in [3.8, 4) is 11.3 Å². The monoisotopic (exact) mass is 396 g/mol. The second-order valence-electron chi connectivity index (χ2n) is 6.15. The van der Waals surface area contributed by atoms with Gasteiger partial charge in [0.2, 0.25) is 0 Å². The van der Waals surface area contributed by atoms with Crippen LogP contribution in [0.5, 0.6) is 0 Å². The summed E-state index contributed by atoms with van der Waals surface area (Å²) in [5, 5.41) is 8.55. The van der Waals surface area contributed by atoms with Crippen LogP contribution in [-0.4, -0.2) is 38.9 Å². The highest BCUT2D eigenvalue weighted by atomic mass is 79.9. The number of halogens is 1. The quantitative estimate of drug-likeness (QED) is 0.676. The average molecular weight is 397 g/mol. The number of nitrogens with zero attached hydrogens (tertiary/aromatic N) is 4. The first-order valence-corrected chi connectivity index (χ1v) is 9.02. The second kappa shape index (κ2) is 6.80. The maximum atomic E-state index is 12.7. The first kappa shape index (κ1) is 16.0. The summed E-state index contributed by atoms with van der Waals surface area (Å²) in [5.74, 6) is 0.0622. The number of carbonyl (C=O) groups is 1.